The number of aliphatic hydroxyl groups is 1. The molecular weight excluding hydrogens is 463 g/mol. The van der Waals surface area contributed by atoms with Crippen LogP contribution in [0.25, 0.3) is 0 Å². The minimum atomic E-state index is 0.321. The Labute approximate surface area is 205 Å². The Hall–Kier alpha value is -1.46. The summed E-state index contributed by atoms with van der Waals surface area (Å²) in [6, 6.07) is 1.49. The molecule has 2 aromatic rings. The smallest absolute Gasteiger partial charge is 0.222 e. The van der Waals surface area contributed by atoms with Gasteiger partial charge in [-0.1, -0.05) is 0 Å². The van der Waals surface area contributed by atoms with E-state index in [0.29, 0.717) is 10.6 Å². The molecule has 0 saturated carbocycles. The molecule has 2 N–H and O–H groups in total. The highest BCUT2D eigenvalue weighted by molar-refractivity contribution is 6.28. The summed E-state index contributed by atoms with van der Waals surface area (Å²) in [5.41, 5.74) is 2.29. The molecule has 0 bridgehead atoms. The van der Waals surface area contributed by atoms with Gasteiger partial charge in [-0.3, -0.25) is 9.80 Å². The van der Waals surface area contributed by atoms with Gasteiger partial charge >= 0.3 is 0 Å². The highest BCUT2D eigenvalue weighted by atomic mass is 35.5. The van der Waals surface area contributed by atoms with Gasteiger partial charge in [-0.25, -0.2) is 19.9 Å². The van der Waals surface area contributed by atoms with Crippen LogP contribution in [0.5, 0.6) is 0 Å². The van der Waals surface area contributed by atoms with Crippen molar-refractivity contribution in [3.63, 3.8) is 0 Å². The van der Waals surface area contributed by atoms with Gasteiger partial charge in [0.25, 0.3) is 0 Å². The minimum absolute atomic E-state index is 0.321. The number of hydrogen-bond donors (Lipinski definition) is 2. The fourth-order valence-corrected chi connectivity index (χ4v) is 5.34. The standard InChI is InChI=1S/C11H15ClN4.C10H13ClN4.CH4O/c1-15-5-9-6-16(7-10(9)15)4-8-2-13-11(12)14-3-8;11-10-13-1-7(2-14-10)4-15-5-8-3-12-9(8)6-15;1-2/h2-3,9-10H,4-7H2,1H3;1-2,8-9,12H,3-6H2;2H,1H3/t9-,10+;8-,9+;/m11./s1. The van der Waals surface area contributed by atoms with E-state index in [1.807, 2.05) is 24.8 Å². The summed E-state index contributed by atoms with van der Waals surface area (Å²) in [7, 11) is 3.20. The molecule has 11 heteroatoms. The number of hydrogen-bond acceptors (Lipinski definition) is 9. The lowest BCUT2D eigenvalue weighted by Crippen LogP contribution is -2.52. The number of nitrogens with zero attached hydrogens (tertiary/aromatic N) is 7. The molecule has 4 aliphatic heterocycles. The monoisotopic (exact) mass is 494 g/mol. The van der Waals surface area contributed by atoms with E-state index in [4.69, 9.17) is 28.3 Å². The second kappa shape index (κ2) is 11.3. The van der Waals surface area contributed by atoms with Gasteiger partial charge in [0.2, 0.25) is 10.6 Å². The maximum atomic E-state index is 7.00. The van der Waals surface area contributed by atoms with Gasteiger partial charge in [-0.2, -0.15) is 0 Å². The number of aliphatic hydroxyl groups excluding tert-OH is 1. The third-order valence-electron chi connectivity index (χ3n) is 6.89. The average Bonchev–Trinajstić information content (AvgIpc) is 3.29. The first kappa shape index (κ1) is 24.7. The Morgan fingerprint density at radius 3 is 1.73 bits per heavy atom. The second-order valence-electron chi connectivity index (χ2n) is 9.15. The SMILES string of the molecule is CN1C[C@@H]2CN(Cc3cnc(Cl)nc3)C[C@@H]21.CO.Clc1ncc(CN2C[C@H]3CN[C@H]3C2)cn1. The molecule has 0 spiro atoms. The largest absolute Gasteiger partial charge is 0.400 e. The minimum Gasteiger partial charge on any atom is -0.400 e. The Morgan fingerprint density at radius 2 is 1.33 bits per heavy atom. The van der Waals surface area contributed by atoms with Gasteiger partial charge < -0.3 is 15.3 Å². The lowest BCUT2D eigenvalue weighted by atomic mass is 9.93. The molecule has 0 aromatic carbocycles. The van der Waals surface area contributed by atoms with E-state index in [-0.39, 0.29) is 0 Å². The van der Waals surface area contributed by atoms with Crippen molar-refractivity contribution in [1.29, 1.82) is 0 Å². The molecule has 4 aliphatic rings. The first-order valence-corrected chi connectivity index (χ1v) is 12.0. The van der Waals surface area contributed by atoms with Crippen LogP contribution in [0.4, 0.5) is 0 Å². The van der Waals surface area contributed by atoms with Crippen molar-refractivity contribution in [2.24, 2.45) is 11.8 Å². The third-order valence-corrected chi connectivity index (χ3v) is 7.28. The van der Waals surface area contributed by atoms with Crippen molar-refractivity contribution in [2.75, 3.05) is 53.4 Å². The Bertz CT molecular complexity index is 875. The lowest BCUT2D eigenvalue weighted by molar-refractivity contribution is 0.0825. The quantitative estimate of drug-likeness (QED) is 0.603. The van der Waals surface area contributed by atoms with E-state index >= 15 is 0 Å². The summed E-state index contributed by atoms with van der Waals surface area (Å²) in [6.45, 7) is 9.02. The van der Waals surface area contributed by atoms with Crippen LogP contribution < -0.4 is 5.32 Å². The summed E-state index contributed by atoms with van der Waals surface area (Å²) in [6.07, 6.45) is 7.25. The Balaban J connectivity index is 0.000000147. The normalized spacial score (nSPS) is 28.4. The van der Waals surface area contributed by atoms with Gasteiger partial charge in [0.15, 0.2) is 0 Å². The summed E-state index contributed by atoms with van der Waals surface area (Å²) in [4.78, 5) is 23.3. The zero-order valence-corrected chi connectivity index (χ0v) is 20.6. The zero-order chi connectivity index (χ0) is 23.4. The van der Waals surface area contributed by atoms with Crippen molar-refractivity contribution in [3.05, 3.63) is 46.5 Å². The molecule has 0 unspecified atom stereocenters. The van der Waals surface area contributed by atoms with Crippen molar-refractivity contribution >= 4 is 23.2 Å². The van der Waals surface area contributed by atoms with Crippen molar-refractivity contribution in [1.82, 2.24) is 40.0 Å². The summed E-state index contributed by atoms with van der Waals surface area (Å²) < 4.78 is 0. The van der Waals surface area contributed by atoms with Crippen LogP contribution in [-0.4, -0.2) is 105 Å². The number of likely N-dealkylation sites (N-methyl/N-ethyl adjacent to an activating group) is 1. The first-order chi connectivity index (χ1) is 16.0. The fourth-order valence-electron chi connectivity index (χ4n) is 5.14. The van der Waals surface area contributed by atoms with Crippen LogP contribution in [0, 0.1) is 11.8 Å². The van der Waals surface area contributed by atoms with Gasteiger partial charge in [0.05, 0.1) is 0 Å². The van der Waals surface area contributed by atoms with Crippen LogP contribution in [0.2, 0.25) is 10.6 Å². The Morgan fingerprint density at radius 1 is 0.818 bits per heavy atom. The number of fused-ring (bicyclic) bond motifs is 2. The van der Waals surface area contributed by atoms with Gasteiger partial charge in [0, 0.05) is 119 Å². The number of halogens is 2. The van der Waals surface area contributed by atoms with E-state index in [9.17, 15) is 0 Å². The lowest BCUT2D eigenvalue weighted by Gasteiger charge is -2.40. The van der Waals surface area contributed by atoms with Crippen molar-refractivity contribution < 1.29 is 5.11 Å². The van der Waals surface area contributed by atoms with E-state index in [2.05, 4.69) is 47.0 Å². The second-order valence-corrected chi connectivity index (χ2v) is 9.83. The maximum Gasteiger partial charge on any atom is 0.222 e. The molecule has 0 amide bonds. The third kappa shape index (κ3) is 6.16. The molecule has 0 aliphatic carbocycles. The number of nitrogens with one attached hydrogen (secondary N) is 1. The Kier molecular flexibility index (Phi) is 8.45. The maximum absolute atomic E-state index is 7.00. The van der Waals surface area contributed by atoms with Crippen LogP contribution in [0.15, 0.2) is 24.8 Å². The summed E-state index contributed by atoms with van der Waals surface area (Å²) in [5.74, 6) is 1.73. The molecule has 6 heterocycles. The molecule has 9 nitrogen and oxygen atoms in total. The zero-order valence-electron chi connectivity index (χ0n) is 19.1. The molecule has 6 rings (SSSR count). The molecule has 0 radical (unpaired) electrons. The van der Waals surface area contributed by atoms with E-state index in [1.165, 1.54) is 32.7 Å². The predicted molar refractivity (Wildman–Crippen MR) is 128 cm³/mol. The van der Waals surface area contributed by atoms with Crippen LogP contribution in [-0.2, 0) is 13.1 Å². The van der Waals surface area contributed by atoms with Gasteiger partial charge in [-0.15, -0.1) is 0 Å². The molecule has 2 aromatic heterocycles. The topological polar surface area (TPSA) is 93.5 Å². The van der Waals surface area contributed by atoms with Crippen LogP contribution >= 0.6 is 23.2 Å². The van der Waals surface area contributed by atoms with Gasteiger partial charge in [-0.05, 0) is 30.2 Å². The van der Waals surface area contributed by atoms with E-state index in [1.54, 1.807) is 0 Å². The van der Waals surface area contributed by atoms with Crippen molar-refractivity contribution in [2.45, 2.75) is 25.2 Å². The average molecular weight is 495 g/mol. The molecule has 4 atom stereocenters. The highest BCUT2D eigenvalue weighted by Gasteiger charge is 2.43. The van der Waals surface area contributed by atoms with Crippen LogP contribution in [0.1, 0.15) is 11.1 Å². The molecule has 180 valence electrons. The van der Waals surface area contributed by atoms with Gasteiger partial charge in [0.1, 0.15) is 0 Å². The van der Waals surface area contributed by atoms with E-state index in [0.717, 1.165) is 61.8 Å². The molecule has 4 fully saturated rings. The number of rotatable bonds is 4. The molecule has 4 saturated heterocycles. The summed E-state index contributed by atoms with van der Waals surface area (Å²) in [5, 5.41) is 11.1. The van der Waals surface area contributed by atoms with Crippen molar-refractivity contribution in [3.8, 4) is 0 Å². The highest BCUT2D eigenvalue weighted by Crippen LogP contribution is 2.31. The molecular formula is C22H32Cl2N8O. The van der Waals surface area contributed by atoms with E-state index < -0.39 is 0 Å². The predicted octanol–water partition coefficient (Wildman–Crippen LogP) is 1.02. The number of aromatic nitrogens is 4. The summed E-state index contributed by atoms with van der Waals surface area (Å²) >= 11 is 11.3. The molecule has 33 heavy (non-hydrogen) atoms. The first-order valence-electron chi connectivity index (χ1n) is 11.3. The van der Waals surface area contributed by atoms with Crippen LogP contribution in [0.3, 0.4) is 0 Å². The number of likely N-dealkylation sites (tertiary alicyclic amines) is 3. The fraction of sp³-hybridized carbons (Fsp3) is 0.636.